The number of methoxy groups -OCH3 is 3. The number of ether oxygens (including phenoxy) is 3. The second kappa shape index (κ2) is 8.24. The zero-order valence-corrected chi connectivity index (χ0v) is 14.5. The molecule has 0 spiro atoms. The van der Waals surface area contributed by atoms with Crippen molar-refractivity contribution in [3.8, 4) is 17.2 Å². The van der Waals surface area contributed by atoms with Gasteiger partial charge in [-0.25, -0.2) is 0 Å². The van der Waals surface area contributed by atoms with Gasteiger partial charge < -0.3 is 19.5 Å². The van der Waals surface area contributed by atoms with E-state index in [2.05, 4.69) is 5.32 Å². The van der Waals surface area contributed by atoms with Crippen molar-refractivity contribution in [1.82, 2.24) is 5.32 Å². The summed E-state index contributed by atoms with van der Waals surface area (Å²) in [5.74, 6) is 1.87. The van der Waals surface area contributed by atoms with Gasteiger partial charge in [-0.3, -0.25) is 4.79 Å². The van der Waals surface area contributed by atoms with Gasteiger partial charge >= 0.3 is 0 Å². The summed E-state index contributed by atoms with van der Waals surface area (Å²) in [6.07, 6.45) is 0.606. The minimum Gasteiger partial charge on any atom is -0.497 e. The number of carbonyl (C=O) groups is 1. The van der Waals surface area contributed by atoms with Crippen LogP contribution in [0.4, 0.5) is 0 Å². The number of carbonyl (C=O) groups excluding carboxylic acids is 1. The molecule has 0 aromatic heterocycles. The Morgan fingerprint density at radius 1 is 1.04 bits per heavy atom. The van der Waals surface area contributed by atoms with Gasteiger partial charge in [-0.05, 0) is 31.0 Å². The van der Waals surface area contributed by atoms with Gasteiger partial charge in [-0.2, -0.15) is 0 Å². The van der Waals surface area contributed by atoms with Gasteiger partial charge in [-0.15, -0.1) is 0 Å². The molecule has 1 amide bonds. The van der Waals surface area contributed by atoms with Crippen LogP contribution in [0.15, 0.2) is 36.4 Å². The summed E-state index contributed by atoms with van der Waals surface area (Å²) in [5.41, 5.74) is 2.56. The van der Waals surface area contributed by atoms with Crippen molar-refractivity contribution in [1.29, 1.82) is 0 Å². The van der Waals surface area contributed by atoms with Crippen LogP contribution >= 0.6 is 0 Å². The molecule has 0 radical (unpaired) electrons. The Morgan fingerprint density at radius 2 is 1.79 bits per heavy atom. The molecule has 5 nitrogen and oxygen atoms in total. The minimum absolute atomic E-state index is 0.0815. The maximum Gasteiger partial charge on any atom is 0.251 e. The average molecular weight is 329 g/mol. The molecule has 2 aromatic rings. The van der Waals surface area contributed by atoms with E-state index in [9.17, 15) is 4.79 Å². The Labute approximate surface area is 142 Å². The Kier molecular flexibility index (Phi) is 6.07. The van der Waals surface area contributed by atoms with Gasteiger partial charge in [0.2, 0.25) is 0 Å². The zero-order chi connectivity index (χ0) is 17.5. The zero-order valence-electron chi connectivity index (χ0n) is 14.5. The fourth-order valence-electron chi connectivity index (χ4n) is 2.55. The van der Waals surface area contributed by atoms with Crippen LogP contribution in [0.5, 0.6) is 17.2 Å². The molecule has 0 heterocycles. The highest BCUT2D eigenvalue weighted by Gasteiger charge is 2.14. The lowest BCUT2D eigenvalue weighted by Crippen LogP contribution is -2.26. The topological polar surface area (TPSA) is 56.8 Å². The number of nitrogens with one attached hydrogen (secondary N) is 1. The normalized spacial score (nSPS) is 10.2. The molecule has 0 saturated carbocycles. The number of benzene rings is 2. The predicted octanol–water partition coefficient (Wildman–Crippen LogP) is 2.99. The minimum atomic E-state index is -0.0815. The Balaban J connectivity index is 2.09. The quantitative estimate of drug-likeness (QED) is 0.848. The SMILES string of the molecule is COc1cc(CCNC(=O)c2ccccc2C)c(OC)c(OC)c1. The molecule has 0 aliphatic carbocycles. The summed E-state index contributed by atoms with van der Waals surface area (Å²) in [5, 5.41) is 2.94. The van der Waals surface area contributed by atoms with E-state index in [1.807, 2.05) is 37.3 Å². The lowest BCUT2D eigenvalue weighted by atomic mass is 10.1. The number of hydrogen-bond donors (Lipinski definition) is 1. The van der Waals surface area contributed by atoms with Crippen LogP contribution in [0, 0.1) is 6.92 Å². The Bertz CT molecular complexity index is 713. The summed E-state index contributed by atoms with van der Waals surface area (Å²) in [6, 6.07) is 11.2. The predicted molar refractivity (Wildman–Crippen MR) is 93.3 cm³/mol. The van der Waals surface area contributed by atoms with Crippen LogP contribution in [0.3, 0.4) is 0 Å². The van der Waals surface area contributed by atoms with Crippen LogP contribution in [0.1, 0.15) is 21.5 Å². The van der Waals surface area contributed by atoms with Crippen LogP contribution in [-0.4, -0.2) is 33.8 Å². The van der Waals surface area contributed by atoms with E-state index in [1.54, 1.807) is 27.4 Å². The van der Waals surface area contributed by atoms with Gasteiger partial charge in [0.05, 0.1) is 21.3 Å². The second-order valence-electron chi connectivity index (χ2n) is 5.34. The van der Waals surface area contributed by atoms with Gasteiger partial charge in [0.15, 0.2) is 11.5 Å². The molecule has 5 heteroatoms. The molecule has 2 rings (SSSR count). The van der Waals surface area contributed by atoms with Crippen molar-refractivity contribution in [3.05, 3.63) is 53.1 Å². The third kappa shape index (κ3) is 3.98. The molecule has 0 bridgehead atoms. The molecular weight excluding hydrogens is 306 g/mol. The summed E-state index contributed by atoms with van der Waals surface area (Å²) in [6.45, 7) is 2.41. The highest BCUT2D eigenvalue weighted by atomic mass is 16.5. The van der Waals surface area contributed by atoms with Crippen molar-refractivity contribution in [2.24, 2.45) is 0 Å². The first kappa shape index (κ1) is 17.7. The van der Waals surface area contributed by atoms with Gasteiger partial charge in [0.1, 0.15) is 5.75 Å². The smallest absolute Gasteiger partial charge is 0.251 e. The Hall–Kier alpha value is -2.69. The molecule has 0 aliphatic heterocycles. The highest BCUT2D eigenvalue weighted by Crippen LogP contribution is 2.35. The van der Waals surface area contributed by atoms with E-state index in [4.69, 9.17) is 14.2 Å². The molecule has 128 valence electrons. The molecular formula is C19H23NO4. The standard InChI is InChI=1S/C19H23NO4/c1-13-7-5-6-8-16(13)19(21)20-10-9-14-11-15(22-2)12-17(23-3)18(14)24-4/h5-8,11-12H,9-10H2,1-4H3,(H,20,21). The van der Waals surface area contributed by atoms with Gasteiger partial charge in [0, 0.05) is 23.7 Å². The van der Waals surface area contributed by atoms with E-state index in [-0.39, 0.29) is 5.91 Å². The molecule has 0 atom stereocenters. The van der Waals surface area contributed by atoms with E-state index in [1.165, 1.54) is 0 Å². The first-order chi connectivity index (χ1) is 11.6. The van der Waals surface area contributed by atoms with Gasteiger partial charge in [-0.1, -0.05) is 18.2 Å². The first-order valence-corrected chi connectivity index (χ1v) is 7.73. The largest absolute Gasteiger partial charge is 0.497 e. The van der Waals surface area contributed by atoms with Crippen LogP contribution in [0.25, 0.3) is 0 Å². The fourth-order valence-corrected chi connectivity index (χ4v) is 2.55. The van der Waals surface area contributed by atoms with Crippen LogP contribution < -0.4 is 19.5 Å². The molecule has 0 aliphatic rings. The monoisotopic (exact) mass is 329 g/mol. The number of amides is 1. The lowest BCUT2D eigenvalue weighted by molar-refractivity contribution is 0.0953. The number of rotatable bonds is 7. The lowest BCUT2D eigenvalue weighted by Gasteiger charge is -2.15. The number of hydrogen-bond acceptors (Lipinski definition) is 4. The summed E-state index contributed by atoms with van der Waals surface area (Å²) >= 11 is 0. The third-order valence-corrected chi connectivity index (χ3v) is 3.83. The van der Waals surface area contributed by atoms with Crippen LogP contribution in [-0.2, 0) is 6.42 Å². The summed E-state index contributed by atoms with van der Waals surface area (Å²) in [7, 11) is 4.78. The first-order valence-electron chi connectivity index (χ1n) is 7.73. The van der Waals surface area contributed by atoms with Crippen LogP contribution in [0.2, 0.25) is 0 Å². The van der Waals surface area contributed by atoms with E-state index in [0.717, 1.165) is 11.1 Å². The third-order valence-electron chi connectivity index (χ3n) is 3.83. The Morgan fingerprint density at radius 3 is 2.42 bits per heavy atom. The summed E-state index contributed by atoms with van der Waals surface area (Å²) < 4.78 is 16.1. The van der Waals surface area contributed by atoms with Crippen molar-refractivity contribution < 1.29 is 19.0 Å². The van der Waals surface area contributed by atoms with E-state index < -0.39 is 0 Å². The van der Waals surface area contributed by atoms with Crippen molar-refractivity contribution in [3.63, 3.8) is 0 Å². The molecule has 2 aromatic carbocycles. The molecule has 0 unspecified atom stereocenters. The summed E-state index contributed by atoms with van der Waals surface area (Å²) in [4.78, 5) is 12.3. The highest BCUT2D eigenvalue weighted by molar-refractivity contribution is 5.95. The van der Waals surface area contributed by atoms with E-state index in [0.29, 0.717) is 35.8 Å². The van der Waals surface area contributed by atoms with Crippen molar-refractivity contribution in [2.75, 3.05) is 27.9 Å². The van der Waals surface area contributed by atoms with Crippen molar-refractivity contribution >= 4 is 5.91 Å². The second-order valence-corrected chi connectivity index (χ2v) is 5.34. The van der Waals surface area contributed by atoms with Crippen molar-refractivity contribution in [2.45, 2.75) is 13.3 Å². The molecule has 0 saturated heterocycles. The maximum atomic E-state index is 12.3. The van der Waals surface area contributed by atoms with E-state index >= 15 is 0 Å². The maximum absolute atomic E-state index is 12.3. The average Bonchev–Trinajstić information content (AvgIpc) is 2.61. The molecule has 24 heavy (non-hydrogen) atoms. The molecule has 1 N–H and O–H groups in total. The van der Waals surface area contributed by atoms with Gasteiger partial charge in [0.25, 0.3) is 5.91 Å². The fraction of sp³-hybridized carbons (Fsp3) is 0.316. The number of aryl methyl sites for hydroxylation is 1. The molecule has 0 fully saturated rings.